The number of hydrogen-bond donors (Lipinski definition) is 5. The molecule has 1 aromatic heterocycles. The lowest BCUT2D eigenvalue weighted by Crippen LogP contribution is -2.15. The van der Waals surface area contributed by atoms with Crippen LogP contribution in [-0.4, -0.2) is 72.7 Å². The summed E-state index contributed by atoms with van der Waals surface area (Å²) in [4.78, 5) is 23.5. The van der Waals surface area contributed by atoms with Crippen molar-refractivity contribution in [3.63, 3.8) is 0 Å². The van der Waals surface area contributed by atoms with E-state index >= 15 is 0 Å². The molecule has 0 radical (unpaired) electrons. The number of carboxylic acids is 1. The fraction of sp³-hybridized carbons (Fsp3) is 0.111. The standard InChI is InChI=1S/C18H16N4O13S3/c23-14-6-5-12(36(27,28)8-7-35-38(32,33)34)9-13(14)19-20-15-16(18(25)26)21-22(17(15)24)10-1-3-11(4-2-10)37(29,30)31/h1-6,9,21,23H,7-8H2,(H,25,26)(H,29,30,31)(H,32,33,34). The normalized spacial score (nSPS) is 12.7. The van der Waals surface area contributed by atoms with Crippen LogP contribution in [0.25, 0.3) is 5.69 Å². The molecule has 20 heteroatoms. The number of aromatic carboxylic acids is 1. The number of sulfone groups is 1. The van der Waals surface area contributed by atoms with Crippen molar-refractivity contribution in [2.45, 2.75) is 9.79 Å². The molecule has 0 spiro atoms. The fourth-order valence-electron chi connectivity index (χ4n) is 2.87. The lowest BCUT2D eigenvalue weighted by molar-refractivity contribution is 0.0690. The lowest BCUT2D eigenvalue weighted by atomic mass is 10.3. The molecule has 0 aliphatic rings. The Morgan fingerprint density at radius 3 is 2.11 bits per heavy atom. The van der Waals surface area contributed by atoms with Crippen molar-refractivity contribution in [2.24, 2.45) is 10.2 Å². The number of carbonyl (C=O) groups is 1. The van der Waals surface area contributed by atoms with E-state index in [0.29, 0.717) is 4.68 Å². The molecule has 17 nitrogen and oxygen atoms in total. The zero-order valence-electron chi connectivity index (χ0n) is 18.5. The number of aromatic hydroxyl groups is 1. The van der Waals surface area contributed by atoms with Crippen LogP contribution in [0.2, 0.25) is 0 Å². The first-order valence-electron chi connectivity index (χ1n) is 9.75. The Morgan fingerprint density at radius 2 is 1.55 bits per heavy atom. The molecule has 0 aliphatic carbocycles. The minimum Gasteiger partial charge on any atom is -0.506 e. The van der Waals surface area contributed by atoms with E-state index in [9.17, 15) is 45.1 Å². The molecule has 0 saturated heterocycles. The number of rotatable bonds is 10. The second-order valence-electron chi connectivity index (χ2n) is 7.17. The van der Waals surface area contributed by atoms with Crippen LogP contribution in [-0.2, 0) is 34.5 Å². The van der Waals surface area contributed by atoms with Gasteiger partial charge in [0.2, 0.25) is 0 Å². The van der Waals surface area contributed by atoms with Gasteiger partial charge in [-0.05, 0) is 42.5 Å². The molecule has 0 bridgehead atoms. The molecule has 0 atom stereocenters. The van der Waals surface area contributed by atoms with Crippen LogP contribution in [0.3, 0.4) is 0 Å². The SMILES string of the molecule is O=C(O)c1[nH]n(-c2ccc(S(=O)(=O)O)cc2)c(=O)c1N=Nc1cc(S(=O)(=O)CCOS(=O)(=O)O)ccc1O. The van der Waals surface area contributed by atoms with Gasteiger partial charge in [-0.1, -0.05) is 0 Å². The predicted molar refractivity (Wildman–Crippen MR) is 125 cm³/mol. The molecule has 0 aliphatic heterocycles. The summed E-state index contributed by atoms with van der Waals surface area (Å²) in [5, 5.41) is 28.8. The molecule has 2 aromatic carbocycles. The summed E-state index contributed by atoms with van der Waals surface area (Å²) < 4.78 is 90.6. The Balaban J connectivity index is 1.99. The van der Waals surface area contributed by atoms with Crippen molar-refractivity contribution in [2.75, 3.05) is 12.4 Å². The van der Waals surface area contributed by atoms with Crippen LogP contribution < -0.4 is 5.56 Å². The van der Waals surface area contributed by atoms with E-state index in [-0.39, 0.29) is 5.69 Å². The van der Waals surface area contributed by atoms with E-state index in [2.05, 4.69) is 19.5 Å². The van der Waals surface area contributed by atoms with E-state index in [1.165, 1.54) is 0 Å². The highest BCUT2D eigenvalue weighted by molar-refractivity contribution is 7.91. The summed E-state index contributed by atoms with van der Waals surface area (Å²) in [6.45, 7) is -0.922. The number of hydrogen-bond acceptors (Lipinski definition) is 12. The van der Waals surface area contributed by atoms with Gasteiger partial charge in [0.25, 0.3) is 15.7 Å². The molecular weight excluding hydrogens is 576 g/mol. The van der Waals surface area contributed by atoms with E-state index in [0.717, 1.165) is 42.5 Å². The number of phenolic OH excluding ortho intramolecular Hbond substituents is 1. The molecule has 5 N–H and O–H groups in total. The smallest absolute Gasteiger partial charge is 0.397 e. The summed E-state index contributed by atoms with van der Waals surface area (Å²) in [5.41, 5.74) is -3.16. The number of carboxylic acid groups (broad SMARTS) is 1. The molecule has 3 rings (SSSR count). The highest BCUT2D eigenvalue weighted by Gasteiger charge is 2.22. The average molecular weight is 593 g/mol. The highest BCUT2D eigenvalue weighted by atomic mass is 32.3. The van der Waals surface area contributed by atoms with Gasteiger partial charge >= 0.3 is 16.4 Å². The van der Waals surface area contributed by atoms with Gasteiger partial charge in [-0.15, -0.1) is 10.2 Å². The fourth-order valence-corrected chi connectivity index (χ4v) is 4.85. The monoisotopic (exact) mass is 592 g/mol. The highest BCUT2D eigenvalue weighted by Crippen LogP contribution is 2.31. The number of nitrogens with one attached hydrogen (secondary N) is 1. The quantitative estimate of drug-likeness (QED) is 0.161. The molecule has 38 heavy (non-hydrogen) atoms. The van der Waals surface area contributed by atoms with Crippen LogP contribution in [0.4, 0.5) is 11.4 Å². The second kappa shape index (κ2) is 10.4. The van der Waals surface area contributed by atoms with Crippen molar-refractivity contribution in [1.82, 2.24) is 9.78 Å². The zero-order valence-corrected chi connectivity index (χ0v) is 20.9. The van der Waals surface area contributed by atoms with Crippen LogP contribution in [0.5, 0.6) is 5.75 Å². The van der Waals surface area contributed by atoms with Gasteiger partial charge < -0.3 is 10.2 Å². The third-order valence-corrected chi connectivity index (χ3v) is 7.63. The Labute approximate surface area is 213 Å². The predicted octanol–water partition coefficient (Wildman–Crippen LogP) is 0.825. The summed E-state index contributed by atoms with van der Waals surface area (Å²) in [5.74, 6) is -3.16. The molecule has 0 unspecified atom stereocenters. The first-order chi connectivity index (χ1) is 17.5. The number of phenols is 1. The molecule has 204 valence electrons. The van der Waals surface area contributed by atoms with E-state index < -0.39 is 86.9 Å². The first kappa shape index (κ1) is 28.6. The van der Waals surface area contributed by atoms with E-state index in [1.807, 2.05) is 0 Å². The lowest BCUT2D eigenvalue weighted by Gasteiger charge is -2.06. The van der Waals surface area contributed by atoms with Crippen molar-refractivity contribution in [3.8, 4) is 11.4 Å². The minimum atomic E-state index is -4.88. The molecule has 0 fully saturated rings. The number of azo groups is 1. The molecule has 1 heterocycles. The molecular formula is C18H16N4O13S3. The first-order valence-corrected chi connectivity index (χ1v) is 14.2. The van der Waals surface area contributed by atoms with Crippen molar-refractivity contribution < 1.29 is 53.5 Å². The van der Waals surface area contributed by atoms with Crippen molar-refractivity contribution in [3.05, 3.63) is 58.5 Å². The summed E-state index contributed by atoms with van der Waals surface area (Å²) >= 11 is 0. The topological polar surface area (TPSA) is 272 Å². The van der Waals surface area contributed by atoms with Gasteiger partial charge in [-0.25, -0.2) is 22.1 Å². The molecule has 3 aromatic rings. The van der Waals surface area contributed by atoms with Gasteiger partial charge in [0, 0.05) is 0 Å². The third-order valence-electron chi connectivity index (χ3n) is 4.62. The van der Waals surface area contributed by atoms with E-state index in [1.54, 1.807) is 0 Å². The average Bonchev–Trinajstić information content (AvgIpc) is 3.13. The largest absolute Gasteiger partial charge is 0.506 e. The number of aromatic nitrogens is 2. The van der Waals surface area contributed by atoms with Gasteiger partial charge in [-0.2, -0.15) is 16.8 Å². The van der Waals surface area contributed by atoms with Gasteiger partial charge in [0.1, 0.15) is 11.4 Å². The maximum atomic E-state index is 12.8. The zero-order chi connectivity index (χ0) is 28.5. The van der Waals surface area contributed by atoms with Crippen molar-refractivity contribution in [1.29, 1.82) is 0 Å². The molecule has 0 saturated carbocycles. The van der Waals surface area contributed by atoms with Crippen LogP contribution in [0.15, 0.2) is 67.3 Å². The number of nitrogens with zero attached hydrogens (tertiary/aromatic N) is 3. The van der Waals surface area contributed by atoms with E-state index in [4.69, 9.17) is 9.11 Å². The van der Waals surface area contributed by atoms with Gasteiger partial charge in [-0.3, -0.25) is 19.0 Å². The third kappa shape index (κ3) is 6.67. The summed E-state index contributed by atoms with van der Waals surface area (Å²) in [6, 6.07) is 6.71. The van der Waals surface area contributed by atoms with Crippen LogP contribution in [0.1, 0.15) is 10.5 Å². The van der Waals surface area contributed by atoms with Crippen LogP contribution >= 0.6 is 0 Å². The van der Waals surface area contributed by atoms with Gasteiger partial charge in [0.15, 0.2) is 21.2 Å². The Morgan fingerprint density at radius 1 is 0.947 bits per heavy atom. The Bertz CT molecular complexity index is 1810. The number of H-pyrrole nitrogens is 1. The maximum Gasteiger partial charge on any atom is 0.397 e. The summed E-state index contributed by atoms with van der Waals surface area (Å²) in [6.07, 6.45) is 0. The minimum absolute atomic E-state index is 0.0469. The molecule has 0 amide bonds. The summed E-state index contributed by atoms with van der Waals surface area (Å²) in [7, 11) is -13.6. The van der Waals surface area contributed by atoms with Crippen molar-refractivity contribution >= 4 is 47.7 Å². The van der Waals surface area contributed by atoms with Crippen LogP contribution in [0, 0.1) is 0 Å². The maximum absolute atomic E-state index is 12.8. The van der Waals surface area contributed by atoms with Gasteiger partial charge in [0.05, 0.1) is 27.8 Å². The second-order valence-corrected chi connectivity index (χ2v) is 11.8. The Hall–Kier alpha value is -3.95. The number of aromatic amines is 1. The number of benzene rings is 2. The Kier molecular flexibility index (Phi) is 7.86.